The monoisotopic (exact) mass is 327 g/mol. The number of methoxy groups -OCH3 is 1. The molecule has 0 spiro atoms. The fourth-order valence-corrected chi connectivity index (χ4v) is 3.10. The first-order valence-corrected chi connectivity index (χ1v) is 8.07. The van der Waals surface area contributed by atoms with Crippen molar-refractivity contribution in [2.45, 2.75) is 13.0 Å². The molecule has 2 aromatic heterocycles. The van der Waals surface area contributed by atoms with Crippen molar-refractivity contribution in [1.82, 2.24) is 14.9 Å². The summed E-state index contributed by atoms with van der Waals surface area (Å²) in [5.41, 5.74) is 2.04. The summed E-state index contributed by atoms with van der Waals surface area (Å²) < 4.78 is 7.13. The standard InChI is InChI=1S/C17H17N3O2S/c1-12(19-17(21)16-15(22-2)6-9-23-16)13-4-3-5-14(10-13)20-8-7-18-11-20/h3-12H,1-2H3,(H,19,21). The summed E-state index contributed by atoms with van der Waals surface area (Å²) in [6.45, 7) is 1.96. The molecule has 1 N–H and O–H groups in total. The van der Waals surface area contributed by atoms with Gasteiger partial charge in [-0.15, -0.1) is 11.3 Å². The zero-order chi connectivity index (χ0) is 16.2. The van der Waals surface area contributed by atoms with E-state index in [0.29, 0.717) is 10.6 Å². The van der Waals surface area contributed by atoms with Crippen molar-refractivity contribution in [2.75, 3.05) is 7.11 Å². The molecule has 0 aliphatic heterocycles. The molecule has 0 bridgehead atoms. The van der Waals surface area contributed by atoms with Gasteiger partial charge in [-0.1, -0.05) is 12.1 Å². The normalized spacial score (nSPS) is 11.9. The van der Waals surface area contributed by atoms with Crippen LogP contribution in [0.3, 0.4) is 0 Å². The van der Waals surface area contributed by atoms with E-state index < -0.39 is 0 Å². The highest BCUT2D eigenvalue weighted by atomic mass is 32.1. The van der Waals surface area contributed by atoms with Crippen LogP contribution in [-0.4, -0.2) is 22.6 Å². The van der Waals surface area contributed by atoms with E-state index in [-0.39, 0.29) is 11.9 Å². The summed E-state index contributed by atoms with van der Waals surface area (Å²) in [4.78, 5) is 17.0. The van der Waals surface area contributed by atoms with Gasteiger partial charge in [-0.2, -0.15) is 0 Å². The topological polar surface area (TPSA) is 56.1 Å². The van der Waals surface area contributed by atoms with Gasteiger partial charge in [-0.3, -0.25) is 4.79 Å². The average Bonchev–Trinajstić information content (AvgIpc) is 3.26. The van der Waals surface area contributed by atoms with E-state index in [1.165, 1.54) is 11.3 Å². The summed E-state index contributed by atoms with van der Waals surface area (Å²) >= 11 is 1.37. The Bertz CT molecular complexity index is 796. The van der Waals surface area contributed by atoms with Gasteiger partial charge in [-0.05, 0) is 36.1 Å². The zero-order valence-corrected chi connectivity index (χ0v) is 13.7. The van der Waals surface area contributed by atoms with Crippen LogP contribution in [0.2, 0.25) is 0 Å². The minimum Gasteiger partial charge on any atom is -0.495 e. The first-order valence-electron chi connectivity index (χ1n) is 7.19. The number of ether oxygens (including phenoxy) is 1. The number of carbonyl (C=O) groups is 1. The van der Waals surface area contributed by atoms with Gasteiger partial charge in [0.1, 0.15) is 10.6 Å². The number of amides is 1. The van der Waals surface area contributed by atoms with E-state index in [1.807, 2.05) is 47.3 Å². The molecule has 0 aliphatic carbocycles. The summed E-state index contributed by atoms with van der Waals surface area (Å²) in [6.07, 6.45) is 5.37. The quantitative estimate of drug-likeness (QED) is 0.781. The summed E-state index contributed by atoms with van der Waals surface area (Å²) in [7, 11) is 1.57. The first kappa shape index (κ1) is 15.3. The molecule has 0 saturated heterocycles. The highest BCUT2D eigenvalue weighted by Crippen LogP contribution is 2.25. The predicted octanol–water partition coefficient (Wildman–Crippen LogP) is 3.43. The molecule has 1 aromatic carbocycles. The van der Waals surface area contributed by atoms with E-state index in [0.717, 1.165) is 11.3 Å². The predicted molar refractivity (Wildman–Crippen MR) is 90.3 cm³/mol. The average molecular weight is 327 g/mol. The lowest BCUT2D eigenvalue weighted by Crippen LogP contribution is -2.26. The van der Waals surface area contributed by atoms with Crippen LogP contribution in [0.25, 0.3) is 5.69 Å². The van der Waals surface area contributed by atoms with E-state index in [9.17, 15) is 4.79 Å². The third-order valence-corrected chi connectivity index (χ3v) is 4.47. The molecule has 0 saturated carbocycles. The fourth-order valence-electron chi connectivity index (χ4n) is 2.34. The van der Waals surface area contributed by atoms with Crippen LogP contribution in [0.1, 0.15) is 28.2 Å². The van der Waals surface area contributed by atoms with Gasteiger partial charge in [0.25, 0.3) is 5.91 Å². The Kier molecular flexibility index (Phi) is 4.43. The first-order chi connectivity index (χ1) is 11.2. The third kappa shape index (κ3) is 3.27. The van der Waals surface area contributed by atoms with Crippen LogP contribution in [0, 0.1) is 0 Å². The van der Waals surface area contributed by atoms with E-state index in [1.54, 1.807) is 25.7 Å². The molecule has 6 heteroatoms. The van der Waals surface area contributed by atoms with Crippen molar-refractivity contribution in [1.29, 1.82) is 0 Å². The fraction of sp³-hybridized carbons (Fsp3) is 0.176. The summed E-state index contributed by atoms with van der Waals surface area (Å²) in [6, 6.07) is 9.69. The molecule has 0 aliphatic rings. The molecule has 118 valence electrons. The Morgan fingerprint density at radius 1 is 1.39 bits per heavy atom. The van der Waals surface area contributed by atoms with Crippen molar-refractivity contribution in [3.63, 3.8) is 0 Å². The highest BCUT2D eigenvalue weighted by molar-refractivity contribution is 7.12. The second-order valence-electron chi connectivity index (χ2n) is 5.08. The Balaban J connectivity index is 1.77. The molecule has 1 unspecified atom stereocenters. The number of imidazole rings is 1. The number of nitrogens with one attached hydrogen (secondary N) is 1. The van der Waals surface area contributed by atoms with Crippen molar-refractivity contribution in [3.8, 4) is 11.4 Å². The lowest BCUT2D eigenvalue weighted by molar-refractivity contribution is 0.0941. The second kappa shape index (κ2) is 6.66. The van der Waals surface area contributed by atoms with Crippen LogP contribution in [0.15, 0.2) is 54.4 Å². The van der Waals surface area contributed by atoms with Gasteiger partial charge in [0.15, 0.2) is 0 Å². The smallest absolute Gasteiger partial charge is 0.265 e. The highest BCUT2D eigenvalue weighted by Gasteiger charge is 2.17. The number of rotatable bonds is 5. The number of hydrogen-bond acceptors (Lipinski definition) is 4. The van der Waals surface area contributed by atoms with Crippen molar-refractivity contribution in [3.05, 3.63) is 64.9 Å². The molecular weight excluding hydrogens is 310 g/mol. The summed E-state index contributed by atoms with van der Waals surface area (Å²) in [5, 5.41) is 4.86. The van der Waals surface area contributed by atoms with Crippen LogP contribution in [-0.2, 0) is 0 Å². The van der Waals surface area contributed by atoms with Crippen molar-refractivity contribution >= 4 is 17.2 Å². The largest absolute Gasteiger partial charge is 0.495 e. The van der Waals surface area contributed by atoms with Gasteiger partial charge >= 0.3 is 0 Å². The molecule has 0 radical (unpaired) electrons. The van der Waals surface area contributed by atoms with Gasteiger partial charge < -0.3 is 14.6 Å². The number of nitrogens with zero attached hydrogens (tertiary/aromatic N) is 2. The van der Waals surface area contributed by atoms with Crippen LogP contribution in [0.4, 0.5) is 0 Å². The van der Waals surface area contributed by atoms with Crippen LogP contribution >= 0.6 is 11.3 Å². The maximum Gasteiger partial charge on any atom is 0.265 e. The molecule has 5 nitrogen and oxygen atoms in total. The maximum absolute atomic E-state index is 12.4. The van der Waals surface area contributed by atoms with Gasteiger partial charge in [0, 0.05) is 18.1 Å². The Labute approximate surface area is 138 Å². The molecule has 2 heterocycles. The molecule has 1 atom stereocenters. The molecule has 3 aromatic rings. The Morgan fingerprint density at radius 3 is 3.00 bits per heavy atom. The number of thiophene rings is 1. The van der Waals surface area contributed by atoms with E-state index >= 15 is 0 Å². The zero-order valence-electron chi connectivity index (χ0n) is 12.9. The molecule has 1 amide bonds. The Morgan fingerprint density at radius 2 is 2.26 bits per heavy atom. The maximum atomic E-state index is 12.4. The second-order valence-corrected chi connectivity index (χ2v) is 5.99. The van der Waals surface area contributed by atoms with Crippen molar-refractivity contribution < 1.29 is 9.53 Å². The Hall–Kier alpha value is -2.60. The SMILES string of the molecule is COc1ccsc1C(=O)NC(C)c1cccc(-n2ccnc2)c1. The van der Waals surface area contributed by atoms with E-state index in [2.05, 4.69) is 10.3 Å². The molecular formula is C17H17N3O2S. The molecule has 3 rings (SSSR count). The lowest BCUT2D eigenvalue weighted by Gasteiger charge is -2.15. The number of hydrogen-bond donors (Lipinski definition) is 1. The van der Waals surface area contributed by atoms with E-state index in [4.69, 9.17) is 4.74 Å². The summed E-state index contributed by atoms with van der Waals surface area (Å²) in [5.74, 6) is 0.476. The molecule has 0 fully saturated rings. The lowest BCUT2D eigenvalue weighted by atomic mass is 10.1. The third-order valence-electron chi connectivity index (χ3n) is 3.58. The van der Waals surface area contributed by atoms with Crippen LogP contribution in [0.5, 0.6) is 5.75 Å². The number of benzene rings is 1. The van der Waals surface area contributed by atoms with Crippen LogP contribution < -0.4 is 10.1 Å². The minimum atomic E-state index is -0.127. The van der Waals surface area contributed by atoms with Gasteiger partial charge in [0.05, 0.1) is 19.5 Å². The number of carbonyl (C=O) groups excluding carboxylic acids is 1. The molecule has 23 heavy (non-hydrogen) atoms. The number of aromatic nitrogens is 2. The van der Waals surface area contributed by atoms with Crippen molar-refractivity contribution in [2.24, 2.45) is 0 Å². The van der Waals surface area contributed by atoms with Gasteiger partial charge in [-0.25, -0.2) is 4.98 Å². The van der Waals surface area contributed by atoms with Gasteiger partial charge in [0.2, 0.25) is 0 Å². The minimum absolute atomic E-state index is 0.113.